The number of allylic oxidation sites excluding steroid dienone is 4. The Kier molecular flexibility index (Phi) is 14.7. The topological polar surface area (TPSA) is 55.8 Å². The molecule has 0 aliphatic heterocycles. The average molecular weight is 563 g/mol. The van der Waals surface area contributed by atoms with Crippen molar-refractivity contribution in [2.45, 2.75) is 155 Å². The maximum atomic E-state index is 12.3. The van der Waals surface area contributed by atoms with Gasteiger partial charge in [-0.05, 0) is 107 Å². The summed E-state index contributed by atoms with van der Waals surface area (Å²) in [6.07, 6.45) is 10.6. The molecule has 0 aromatic heterocycles. The number of ether oxygens (including phenoxy) is 1. The number of methoxy groups -OCH3 is 1. The van der Waals surface area contributed by atoms with Crippen LogP contribution in [0.2, 0.25) is 0 Å². The van der Waals surface area contributed by atoms with Gasteiger partial charge in [-0.2, -0.15) is 0 Å². The molecule has 0 radical (unpaired) electrons. The van der Waals surface area contributed by atoms with E-state index in [1.165, 1.54) is 23.8 Å². The molecule has 0 rings (SSSR count). The molecule has 0 aliphatic carbocycles. The third-order valence-electron chi connectivity index (χ3n) is 10.0. The number of hydrogen-bond acceptors (Lipinski definition) is 4. The highest BCUT2D eigenvalue weighted by Crippen LogP contribution is 2.47. The third kappa shape index (κ3) is 11.5. The number of esters is 1. The lowest BCUT2D eigenvalue weighted by molar-refractivity contribution is -0.256. The molecule has 0 saturated heterocycles. The summed E-state index contributed by atoms with van der Waals surface area (Å²) in [5, 5.41) is 9.93. The second-order valence-corrected chi connectivity index (χ2v) is 15.4. The van der Waals surface area contributed by atoms with Gasteiger partial charge in [0.25, 0.3) is 0 Å². The van der Waals surface area contributed by atoms with Crippen LogP contribution < -0.4 is 0 Å². The van der Waals surface area contributed by atoms with Crippen LogP contribution in [-0.4, -0.2) is 24.4 Å². The Morgan fingerprint density at radius 1 is 0.775 bits per heavy atom. The van der Waals surface area contributed by atoms with E-state index in [4.69, 9.17) is 9.62 Å². The van der Waals surface area contributed by atoms with E-state index in [1.54, 1.807) is 0 Å². The molecular formula is C36H66O4. The largest absolute Gasteiger partial charge is 0.469 e. The molecule has 0 heterocycles. The van der Waals surface area contributed by atoms with Gasteiger partial charge in [0.05, 0.1) is 12.5 Å². The van der Waals surface area contributed by atoms with E-state index >= 15 is 0 Å². The van der Waals surface area contributed by atoms with Gasteiger partial charge in [0.1, 0.15) is 6.10 Å². The van der Waals surface area contributed by atoms with Gasteiger partial charge < -0.3 is 4.74 Å². The van der Waals surface area contributed by atoms with Crippen LogP contribution in [0.1, 0.15) is 149 Å². The molecule has 0 aromatic carbocycles. The predicted octanol–water partition coefficient (Wildman–Crippen LogP) is 11.1. The summed E-state index contributed by atoms with van der Waals surface area (Å²) in [6, 6.07) is 0. The Hall–Kier alpha value is -1.39. The molecule has 0 aromatic rings. The van der Waals surface area contributed by atoms with E-state index in [1.807, 2.05) is 19.9 Å². The lowest BCUT2D eigenvalue weighted by atomic mass is 9.64. The molecule has 0 saturated carbocycles. The van der Waals surface area contributed by atoms with Crippen molar-refractivity contribution in [1.29, 1.82) is 0 Å². The van der Waals surface area contributed by atoms with E-state index in [2.05, 4.69) is 96.1 Å². The molecule has 0 bridgehead atoms. The fourth-order valence-electron chi connectivity index (χ4n) is 6.56. The van der Waals surface area contributed by atoms with E-state index in [9.17, 15) is 10.1 Å². The van der Waals surface area contributed by atoms with Gasteiger partial charge in [-0.25, -0.2) is 4.89 Å². The summed E-state index contributed by atoms with van der Waals surface area (Å²) in [5.41, 5.74) is 4.88. The molecule has 0 amide bonds. The van der Waals surface area contributed by atoms with E-state index < -0.39 is 11.5 Å². The fourth-order valence-corrected chi connectivity index (χ4v) is 6.56. The second-order valence-electron chi connectivity index (χ2n) is 15.4. The van der Waals surface area contributed by atoms with Crippen molar-refractivity contribution < 1.29 is 19.7 Å². The molecule has 40 heavy (non-hydrogen) atoms. The van der Waals surface area contributed by atoms with Gasteiger partial charge in [0.15, 0.2) is 0 Å². The summed E-state index contributed by atoms with van der Waals surface area (Å²) in [6.45, 7) is 33.2. The average Bonchev–Trinajstić information content (AvgIpc) is 2.86. The Balaban J connectivity index is 5.96. The fraction of sp³-hybridized carbons (Fsp3) is 0.806. The van der Waals surface area contributed by atoms with Crippen molar-refractivity contribution in [3.05, 3.63) is 34.4 Å². The standard InChI is InChI=1S/C36H66O4/c1-17-33(10,11)29(7)27(5)23-35(14,18-2)21-20-30(40-38)28(6)26(4)22-36(15,19-3)25-32(8,9)24-34(12,13)31(37)39-16/h20-21,30,38H,17-19,22-25H2,1-16H3/b21-20+,28-26-,29-27-. The Morgan fingerprint density at radius 2 is 1.32 bits per heavy atom. The van der Waals surface area contributed by atoms with Crippen LogP contribution >= 0.6 is 0 Å². The van der Waals surface area contributed by atoms with E-state index in [0.29, 0.717) is 0 Å². The smallest absolute Gasteiger partial charge is 0.311 e. The minimum atomic E-state index is -0.529. The molecule has 4 nitrogen and oxygen atoms in total. The van der Waals surface area contributed by atoms with Crippen LogP contribution in [0.15, 0.2) is 34.4 Å². The highest BCUT2D eigenvalue weighted by Gasteiger charge is 2.39. The third-order valence-corrected chi connectivity index (χ3v) is 10.0. The van der Waals surface area contributed by atoms with Gasteiger partial charge in [0, 0.05) is 0 Å². The zero-order valence-electron chi connectivity index (χ0n) is 29.4. The van der Waals surface area contributed by atoms with Crippen LogP contribution in [0, 0.1) is 27.1 Å². The van der Waals surface area contributed by atoms with Gasteiger partial charge in [-0.3, -0.25) is 10.1 Å². The molecular weight excluding hydrogens is 496 g/mol. The number of carbonyl (C=O) groups excluding carboxylic acids is 1. The highest BCUT2D eigenvalue weighted by atomic mass is 17.1. The van der Waals surface area contributed by atoms with Crippen LogP contribution in [0.5, 0.6) is 0 Å². The van der Waals surface area contributed by atoms with E-state index in [0.717, 1.165) is 50.5 Å². The van der Waals surface area contributed by atoms with Crippen LogP contribution in [0.25, 0.3) is 0 Å². The molecule has 4 heteroatoms. The van der Waals surface area contributed by atoms with Crippen molar-refractivity contribution in [2.75, 3.05) is 7.11 Å². The molecule has 0 fully saturated rings. The highest BCUT2D eigenvalue weighted by molar-refractivity contribution is 5.75. The summed E-state index contributed by atoms with van der Waals surface area (Å²) >= 11 is 0. The SMILES string of the molecule is CCC(C)(/C=C/C(OO)/C(C)=C(/C)CC(C)(CC)CC(C)(C)CC(C)(C)C(=O)OC)C/C(C)=C(/C)C(C)(C)CC. The zero-order chi connectivity index (χ0) is 31.7. The van der Waals surface area contributed by atoms with Crippen molar-refractivity contribution in [3.8, 4) is 0 Å². The summed E-state index contributed by atoms with van der Waals surface area (Å²) in [7, 11) is 1.47. The second kappa shape index (κ2) is 15.2. The number of hydrogen-bond donors (Lipinski definition) is 1. The van der Waals surface area contributed by atoms with Crippen molar-refractivity contribution in [1.82, 2.24) is 0 Å². The first-order valence-corrected chi connectivity index (χ1v) is 15.5. The molecule has 0 spiro atoms. The molecule has 3 unspecified atom stereocenters. The quantitative estimate of drug-likeness (QED) is 0.0829. The van der Waals surface area contributed by atoms with Crippen LogP contribution in [0.4, 0.5) is 0 Å². The number of rotatable bonds is 17. The van der Waals surface area contributed by atoms with Crippen molar-refractivity contribution >= 4 is 5.97 Å². The Morgan fingerprint density at radius 3 is 1.75 bits per heavy atom. The van der Waals surface area contributed by atoms with Crippen molar-refractivity contribution in [2.24, 2.45) is 27.1 Å². The van der Waals surface area contributed by atoms with E-state index in [-0.39, 0.29) is 27.6 Å². The zero-order valence-corrected chi connectivity index (χ0v) is 29.4. The number of carbonyl (C=O) groups is 1. The minimum Gasteiger partial charge on any atom is -0.469 e. The summed E-state index contributed by atoms with van der Waals surface area (Å²) < 4.78 is 5.07. The summed E-state index contributed by atoms with van der Waals surface area (Å²) in [5.74, 6) is -0.158. The lowest BCUT2D eigenvalue weighted by Crippen LogP contribution is -2.34. The normalized spacial score (nSPS) is 18.5. The van der Waals surface area contributed by atoms with Crippen molar-refractivity contribution in [3.63, 3.8) is 0 Å². The summed E-state index contributed by atoms with van der Waals surface area (Å²) in [4.78, 5) is 17.4. The first kappa shape index (κ1) is 38.6. The predicted molar refractivity (Wildman–Crippen MR) is 172 cm³/mol. The Bertz CT molecular complexity index is 917. The van der Waals surface area contributed by atoms with Crippen LogP contribution in [-0.2, 0) is 14.4 Å². The van der Waals surface area contributed by atoms with Gasteiger partial charge >= 0.3 is 5.97 Å². The molecule has 1 N–H and O–H groups in total. The van der Waals surface area contributed by atoms with Gasteiger partial charge in [-0.1, -0.05) is 97.6 Å². The lowest BCUT2D eigenvalue weighted by Gasteiger charge is -2.41. The molecule has 234 valence electrons. The first-order valence-electron chi connectivity index (χ1n) is 15.5. The maximum absolute atomic E-state index is 12.3. The monoisotopic (exact) mass is 562 g/mol. The first-order chi connectivity index (χ1) is 18.1. The molecule has 3 atom stereocenters. The maximum Gasteiger partial charge on any atom is 0.311 e. The minimum absolute atomic E-state index is 0.0193. The van der Waals surface area contributed by atoms with Gasteiger partial charge in [0.2, 0.25) is 0 Å². The van der Waals surface area contributed by atoms with Crippen LogP contribution in [0.3, 0.4) is 0 Å². The Labute approximate surface area is 249 Å². The van der Waals surface area contributed by atoms with Gasteiger partial charge in [-0.15, -0.1) is 0 Å². The molecule has 0 aliphatic rings.